The van der Waals surface area contributed by atoms with Crippen LogP contribution >= 0.6 is 0 Å². The quantitative estimate of drug-likeness (QED) is 0.634. The Morgan fingerprint density at radius 1 is 1.29 bits per heavy atom. The Balaban J connectivity index is 1.98. The van der Waals surface area contributed by atoms with Crippen molar-refractivity contribution in [3.8, 4) is 0 Å². The van der Waals surface area contributed by atoms with E-state index >= 15 is 0 Å². The van der Waals surface area contributed by atoms with Gasteiger partial charge in [-0.3, -0.25) is 14.6 Å². The van der Waals surface area contributed by atoms with Crippen molar-refractivity contribution in [2.75, 3.05) is 6.54 Å². The van der Waals surface area contributed by atoms with Gasteiger partial charge in [0.25, 0.3) is 11.5 Å². The van der Waals surface area contributed by atoms with Crippen molar-refractivity contribution in [1.29, 1.82) is 0 Å². The average Bonchev–Trinajstić information content (AvgIpc) is 2.40. The number of hydrogen-bond acceptors (Lipinski definition) is 4. The first-order valence-electron chi connectivity index (χ1n) is 7.03. The Morgan fingerprint density at radius 3 is 2.48 bits per heavy atom. The summed E-state index contributed by atoms with van der Waals surface area (Å²) < 4.78 is 0. The van der Waals surface area contributed by atoms with Crippen LogP contribution in [0.3, 0.4) is 0 Å². The molecule has 1 fully saturated rings. The number of aromatic nitrogens is 2. The van der Waals surface area contributed by atoms with E-state index in [-0.39, 0.29) is 17.5 Å². The fraction of sp³-hybridized carbons (Fsp3) is 0.643. The molecule has 0 spiro atoms. The zero-order chi connectivity index (χ0) is 15.7. The van der Waals surface area contributed by atoms with Gasteiger partial charge >= 0.3 is 5.69 Å². The van der Waals surface area contributed by atoms with E-state index in [1.807, 2.05) is 4.98 Å². The molecule has 0 bridgehead atoms. The molecule has 0 radical (unpaired) electrons. The van der Waals surface area contributed by atoms with Crippen LogP contribution in [0.15, 0.2) is 15.8 Å². The fourth-order valence-electron chi connectivity index (χ4n) is 2.49. The predicted octanol–water partition coefficient (Wildman–Crippen LogP) is 0.124. The summed E-state index contributed by atoms with van der Waals surface area (Å²) in [4.78, 5) is 38.6. The standard InChI is InChI=1S/C14H21N3O4/c1-13(2)3-5-14(21,6-4-13)8-16-10(18)9-7-15-12(20)17-11(9)19/h7,21H,3-6,8H2,1-2H3,(H,16,18)(H2,15,17,19,20). The Kier molecular flexibility index (Phi) is 4.04. The minimum absolute atomic E-state index is 0.0977. The molecule has 21 heavy (non-hydrogen) atoms. The van der Waals surface area contributed by atoms with Crippen LogP contribution in [0.1, 0.15) is 49.9 Å². The van der Waals surface area contributed by atoms with Crippen LogP contribution in [0.25, 0.3) is 0 Å². The number of carbonyl (C=O) groups excluding carboxylic acids is 1. The molecule has 116 valence electrons. The second-order valence-corrected chi connectivity index (χ2v) is 6.56. The van der Waals surface area contributed by atoms with Gasteiger partial charge in [-0.2, -0.15) is 0 Å². The number of hydrogen-bond donors (Lipinski definition) is 4. The van der Waals surface area contributed by atoms with Crippen LogP contribution in [0.5, 0.6) is 0 Å². The Hall–Kier alpha value is -1.89. The molecule has 1 saturated carbocycles. The van der Waals surface area contributed by atoms with Crippen molar-refractivity contribution in [3.05, 3.63) is 32.6 Å². The average molecular weight is 295 g/mol. The third-order valence-corrected chi connectivity index (χ3v) is 4.18. The lowest BCUT2D eigenvalue weighted by molar-refractivity contribution is -0.0233. The van der Waals surface area contributed by atoms with Crippen molar-refractivity contribution in [3.63, 3.8) is 0 Å². The van der Waals surface area contributed by atoms with E-state index in [0.29, 0.717) is 12.8 Å². The lowest BCUT2D eigenvalue weighted by Crippen LogP contribution is -2.47. The van der Waals surface area contributed by atoms with Crippen LogP contribution in [-0.2, 0) is 0 Å². The molecule has 2 rings (SSSR count). The number of aliphatic hydroxyl groups is 1. The SMILES string of the molecule is CC1(C)CCC(O)(CNC(=O)c2c[nH]c(=O)[nH]c2=O)CC1. The second kappa shape index (κ2) is 5.48. The molecule has 0 aromatic carbocycles. The van der Waals surface area contributed by atoms with Gasteiger partial charge in [0.2, 0.25) is 0 Å². The van der Waals surface area contributed by atoms with Crippen LogP contribution in [0, 0.1) is 5.41 Å². The molecule has 1 aliphatic carbocycles. The molecule has 0 unspecified atom stereocenters. The van der Waals surface area contributed by atoms with Gasteiger partial charge in [0.1, 0.15) is 5.56 Å². The highest BCUT2D eigenvalue weighted by Crippen LogP contribution is 2.39. The molecule has 0 saturated heterocycles. The largest absolute Gasteiger partial charge is 0.388 e. The van der Waals surface area contributed by atoms with Gasteiger partial charge in [0.15, 0.2) is 0 Å². The van der Waals surface area contributed by atoms with Gasteiger partial charge in [-0.25, -0.2) is 4.79 Å². The molecule has 1 heterocycles. The Morgan fingerprint density at radius 2 is 1.90 bits per heavy atom. The molecule has 7 nitrogen and oxygen atoms in total. The van der Waals surface area contributed by atoms with Crippen LogP contribution in [0.2, 0.25) is 0 Å². The van der Waals surface area contributed by atoms with Crippen molar-refractivity contribution >= 4 is 5.91 Å². The van der Waals surface area contributed by atoms with Crippen LogP contribution in [-0.4, -0.2) is 33.1 Å². The minimum Gasteiger partial charge on any atom is -0.388 e. The molecule has 1 aromatic heterocycles. The van der Waals surface area contributed by atoms with E-state index in [0.717, 1.165) is 19.0 Å². The second-order valence-electron chi connectivity index (χ2n) is 6.56. The van der Waals surface area contributed by atoms with Gasteiger partial charge < -0.3 is 15.4 Å². The topological polar surface area (TPSA) is 115 Å². The van der Waals surface area contributed by atoms with Gasteiger partial charge in [-0.15, -0.1) is 0 Å². The van der Waals surface area contributed by atoms with E-state index in [2.05, 4.69) is 24.1 Å². The first-order valence-corrected chi connectivity index (χ1v) is 7.03. The molecule has 4 N–H and O–H groups in total. The summed E-state index contributed by atoms with van der Waals surface area (Å²) in [5, 5.41) is 13.0. The lowest BCUT2D eigenvalue weighted by Gasteiger charge is -2.40. The highest BCUT2D eigenvalue weighted by molar-refractivity contribution is 5.93. The van der Waals surface area contributed by atoms with Gasteiger partial charge in [0.05, 0.1) is 5.60 Å². The van der Waals surface area contributed by atoms with Crippen molar-refractivity contribution in [2.45, 2.75) is 45.1 Å². The van der Waals surface area contributed by atoms with Crippen LogP contribution < -0.4 is 16.6 Å². The third-order valence-electron chi connectivity index (χ3n) is 4.18. The first-order chi connectivity index (χ1) is 9.71. The first kappa shape index (κ1) is 15.5. The van der Waals surface area contributed by atoms with Gasteiger partial charge in [-0.05, 0) is 31.1 Å². The maximum absolute atomic E-state index is 11.9. The third kappa shape index (κ3) is 3.81. The summed E-state index contributed by atoms with van der Waals surface area (Å²) >= 11 is 0. The van der Waals surface area contributed by atoms with Gasteiger partial charge in [-0.1, -0.05) is 13.8 Å². The summed E-state index contributed by atoms with van der Waals surface area (Å²) in [5.41, 5.74) is -2.29. The molecule has 1 amide bonds. The monoisotopic (exact) mass is 295 g/mol. The Labute approximate surface area is 121 Å². The molecular weight excluding hydrogens is 274 g/mol. The number of carbonyl (C=O) groups is 1. The summed E-state index contributed by atoms with van der Waals surface area (Å²) in [6.45, 7) is 4.41. The fourth-order valence-corrected chi connectivity index (χ4v) is 2.49. The number of aromatic amines is 2. The maximum Gasteiger partial charge on any atom is 0.325 e. The van der Waals surface area contributed by atoms with E-state index < -0.39 is 22.8 Å². The number of amides is 1. The highest BCUT2D eigenvalue weighted by Gasteiger charge is 2.36. The van der Waals surface area contributed by atoms with E-state index in [9.17, 15) is 19.5 Å². The Bertz CT molecular complexity index is 634. The highest BCUT2D eigenvalue weighted by atomic mass is 16.3. The molecule has 0 atom stereocenters. The van der Waals surface area contributed by atoms with E-state index in [4.69, 9.17) is 0 Å². The van der Waals surface area contributed by atoms with Crippen molar-refractivity contribution in [2.24, 2.45) is 5.41 Å². The minimum atomic E-state index is -0.930. The molecular formula is C14H21N3O4. The molecule has 1 aromatic rings. The number of nitrogens with one attached hydrogen (secondary N) is 3. The van der Waals surface area contributed by atoms with Crippen LogP contribution in [0.4, 0.5) is 0 Å². The molecule has 7 heteroatoms. The number of H-pyrrole nitrogens is 2. The summed E-state index contributed by atoms with van der Waals surface area (Å²) in [6, 6.07) is 0. The van der Waals surface area contributed by atoms with E-state index in [1.165, 1.54) is 0 Å². The summed E-state index contributed by atoms with van der Waals surface area (Å²) in [7, 11) is 0. The molecule has 1 aliphatic rings. The smallest absolute Gasteiger partial charge is 0.325 e. The number of rotatable bonds is 3. The summed E-state index contributed by atoms with van der Waals surface area (Å²) in [5.74, 6) is -0.606. The van der Waals surface area contributed by atoms with E-state index in [1.54, 1.807) is 0 Å². The maximum atomic E-state index is 11.9. The predicted molar refractivity (Wildman–Crippen MR) is 77.2 cm³/mol. The summed E-state index contributed by atoms with van der Waals surface area (Å²) in [6.07, 6.45) is 4.08. The lowest BCUT2D eigenvalue weighted by atomic mass is 9.71. The van der Waals surface area contributed by atoms with Crippen molar-refractivity contribution < 1.29 is 9.90 Å². The zero-order valence-electron chi connectivity index (χ0n) is 12.3. The normalized spacial score (nSPS) is 20.0. The van der Waals surface area contributed by atoms with Gasteiger partial charge in [0, 0.05) is 12.7 Å². The zero-order valence-corrected chi connectivity index (χ0v) is 12.3. The molecule has 0 aliphatic heterocycles. The van der Waals surface area contributed by atoms with Crippen molar-refractivity contribution in [1.82, 2.24) is 15.3 Å².